The number of rotatable bonds is 3. The first-order valence-corrected chi connectivity index (χ1v) is 6.44. The number of aryl methyl sites for hydroxylation is 1. The molecule has 0 saturated carbocycles. The van der Waals surface area contributed by atoms with E-state index in [1.54, 1.807) is 41.5 Å². The molecule has 0 amide bonds. The monoisotopic (exact) mass is 288 g/mol. The van der Waals surface area contributed by atoms with Crippen LogP contribution in [0.5, 0.6) is 0 Å². The number of carbonyl (C=O) groups is 1. The van der Waals surface area contributed by atoms with Gasteiger partial charge < -0.3 is 9.14 Å². The maximum Gasteiger partial charge on any atom is 0.358 e. The molecule has 0 aromatic carbocycles. The fourth-order valence-corrected chi connectivity index (χ4v) is 2.09. The minimum absolute atomic E-state index is 0.220. The second-order valence-corrected chi connectivity index (χ2v) is 4.50. The molecule has 3 aromatic rings. The number of halogens is 1. The molecule has 3 rings (SSSR count). The van der Waals surface area contributed by atoms with Crippen LogP contribution in [0.3, 0.4) is 0 Å². The molecule has 0 bridgehead atoms. The zero-order chi connectivity index (χ0) is 15.0. The number of pyridine rings is 1. The number of nitrogens with zero attached hydrogens (tertiary/aromatic N) is 4. The van der Waals surface area contributed by atoms with Crippen molar-refractivity contribution in [2.45, 2.75) is 6.92 Å². The van der Waals surface area contributed by atoms with E-state index >= 15 is 0 Å². The second kappa shape index (κ2) is 5.01. The summed E-state index contributed by atoms with van der Waals surface area (Å²) in [6.07, 6.45) is 3.34. The summed E-state index contributed by atoms with van der Waals surface area (Å²) in [5, 5.41) is 4.11. The van der Waals surface area contributed by atoms with Crippen molar-refractivity contribution < 1.29 is 13.9 Å². The van der Waals surface area contributed by atoms with Crippen LogP contribution in [0.15, 0.2) is 30.6 Å². The molecule has 0 radical (unpaired) electrons. The smallest absolute Gasteiger partial charge is 0.358 e. The van der Waals surface area contributed by atoms with E-state index < -0.39 is 5.97 Å². The topological polar surface area (TPSA) is 61.4 Å². The van der Waals surface area contributed by atoms with Gasteiger partial charge in [-0.2, -0.15) is 5.10 Å². The van der Waals surface area contributed by atoms with Crippen molar-refractivity contribution >= 4 is 11.6 Å². The summed E-state index contributed by atoms with van der Waals surface area (Å²) in [6.45, 7) is 2.02. The summed E-state index contributed by atoms with van der Waals surface area (Å²) in [4.78, 5) is 16.0. The molecular weight excluding hydrogens is 275 g/mol. The Morgan fingerprint density at radius 1 is 1.43 bits per heavy atom. The number of ether oxygens (including phenoxy) is 1. The van der Waals surface area contributed by atoms with Crippen LogP contribution >= 0.6 is 0 Å². The number of fused-ring (bicyclic) bond motifs is 1. The zero-order valence-electron chi connectivity index (χ0n) is 11.6. The van der Waals surface area contributed by atoms with Crippen LogP contribution < -0.4 is 0 Å². The lowest BCUT2D eigenvalue weighted by Gasteiger charge is -1.95. The standard InChI is InChI=1S/C14H13FN4O2/c1-3-21-14(20)10-7-12(18(2)17-10)11-8-19-5-4-9(15)6-13(19)16-11/h4-8H,3H2,1-2H3. The Bertz CT molecular complexity index is 822. The van der Waals surface area contributed by atoms with Gasteiger partial charge in [0.05, 0.1) is 12.3 Å². The molecule has 0 saturated heterocycles. The zero-order valence-corrected chi connectivity index (χ0v) is 11.6. The van der Waals surface area contributed by atoms with Crippen LogP contribution in [0, 0.1) is 5.82 Å². The molecule has 3 aromatic heterocycles. The molecular formula is C14H13FN4O2. The van der Waals surface area contributed by atoms with Crippen LogP contribution in [0.1, 0.15) is 17.4 Å². The van der Waals surface area contributed by atoms with E-state index in [2.05, 4.69) is 10.1 Å². The number of esters is 1. The third-order valence-electron chi connectivity index (χ3n) is 3.05. The van der Waals surface area contributed by atoms with Crippen molar-refractivity contribution in [1.82, 2.24) is 19.2 Å². The molecule has 7 heteroatoms. The number of aromatic nitrogens is 4. The van der Waals surface area contributed by atoms with E-state index in [1.807, 2.05) is 0 Å². The molecule has 0 spiro atoms. The van der Waals surface area contributed by atoms with Crippen molar-refractivity contribution in [3.63, 3.8) is 0 Å². The SMILES string of the molecule is CCOC(=O)c1cc(-c2cn3ccc(F)cc3n2)n(C)n1. The Balaban J connectivity index is 2.04. The van der Waals surface area contributed by atoms with Gasteiger partial charge in [-0.1, -0.05) is 0 Å². The Hall–Kier alpha value is -2.70. The number of hydrogen-bond donors (Lipinski definition) is 0. The summed E-state index contributed by atoms with van der Waals surface area (Å²) in [5.74, 6) is -0.828. The lowest BCUT2D eigenvalue weighted by Crippen LogP contribution is -2.05. The van der Waals surface area contributed by atoms with Gasteiger partial charge in [-0.15, -0.1) is 0 Å². The molecule has 6 nitrogen and oxygen atoms in total. The van der Waals surface area contributed by atoms with Gasteiger partial charge >= 0.3 is 5.97 Å². The Labute approximate surface area is 119 Å². The second-order valence-electron chi connectivity index (χ2n) is 4.50. The predicted molar refractivity (Wildman–Crippen MR) is 73.3 cm³/mol. The van der Waals surface area contributed by atoms with Crippen LogP contribution in [-0.2, 0) is 11.8 Å². The first kappa shape index (κ1) is 13.3. The average molecular weight is 288 g/mol. The third-order valence-corrected chi connectivity index (χ3v) is 3.05. The Morgan fingerprint density at radius 3 is 3.00 bits per heavy atom. The van der Waals surface area contributed by atoms with Crippen LogP contribution in [0.2, 0.25) is 0 Å². The molecule has 0 N–H and O–H groups in total. The quantitative estimate of drug-likeness (QED) is 0.692. The minimum Gasteiger partial charge on any atom is -0.461 e. The fourth-order valence-electron chi connectivity index (χ4n) is 2.09. The van der Waals surface area contributed by atoms with E-state index in [4.69, 9.17) is 4.74 Å². The van der Waals surface area contributed by atoms with Gasteiger partial charge in [-0.05, 0) is 13.0 Å². The molecule has 3 heterocycles. The number of imidazole rings is 1. The molecule has 108 valence electrons. The van der Waals surface area contributed by atoms with Crippen LogP contribution in [0.25, 0.3) is 17.0 Å². The highest BCUT2D eigenvalue weighted by molar-refractivity contribution is 5.88. The summed E-state index contributed by atoms with van der Waals surface area (Å²) in [6, 6.07) is 4.30. The van der Waals surface area contributed by atoms with Crippen molar-refractivity contribution in [2.75, 3.05) is 6.61 Å². The van der Waals surface area contributed by atoms with E-state index in [-0.39, 0.29) is 11.5 Å². The summed E-state index contributed by atoms with van der Waals surface area (Å²) < 4.78 is 21.4. The summed E-state index contributed by atoms with van der Waals surface area (Å²) in [7, 11) is 1.71. The van der Waals surface area contributed by atoms with E-state index in [0.717, 1.165) is 0 Å². The highest BCUT2D eigenvalue weighted by atomic mass is 19.1. The molecule has 0 unspecified atom stereocenters. The van der Waals surface area contributed by atoms with Gasteiger partial charge in [0.25, 0.3) is 0 Å². The maximum absolute atomic E-state index is 13.2. The average Bonchev–Trinajstić information content (AvgIpc) is 3.01. The first-order valence-electron chi connectivity index (χ1n) is 6.44. The predicted octanol–water partition coefficient (Wildman–Crippen LogP) is 2.05. The van der Waals surface area contributed by atoms with Crippen molar-refractivity contribution in [3.05, 3.63) is 42.1 Å². The van der Waals surface area contributed by atoms with E-state index in [9.17, 15) is 9.18 Å². The largest absolute Gasteiger partial charge is 0.461 e. The van der Waals surface area contributed by atoms with Crippen LogP contribution in [0.4, 0.5) is 4.39 Å². The number of hydrogen-bond acceptors (Lipinski definition) is 4. The maximum atomic E-state index is 13.2. The molecule has 21 heavy (non-hydrogen) atoms. The summed E-state index contributed by atoms with van der Waals surface area (Å²) >= 11 is 0. The van der Waals surface area contributed by atoms with Crippen molar-refractivity contribution in [1.29, 1.82) is 0 Å². The molecule has 0 fully saturated rings. The minimum atomic E-state index is -0.478. The highest BCUT2D eigenvalue weighted by Gasteiger charge is 2.16. The first-order chi connectivity index (χ1) is 10.1. The Morgan fingerprint density at radius 2 is 2.24 bits per heavy atom. The normalized spacial score (nSPS) is 11.0. The van der Waals surface area contributed by atoms with Crippen LogP contribution in [-0.4, -0.2) is 31.7 Å². The molecule has 0 aliphatic carbocycles. The lowest BCUT2D eigenvalue weighted by molar-refractivity contribution is 0.0518. The molecule has 0 aliphatic rings. The molecule has 0 atom stereocenters. The van der Waals surface area contributed by atoms with Gasteiger partial charge in [0.15, 0.2) is 5.69 Å². The van der Waals surface area contributed by atoms with E-state index in [0.29, 0.717) is 23.6 Å². The Kier molecular flexibility index (Phi) is 3.17. The third kappa shape index (κ3) is 2.37. The van der Waals surface area contributed by atoms with Crippen molar-refractivity contribution in [2.24, 2.45) is 7.05 Å². The van der Waals surface area contributed by atoms with Crippen molar-refractivity contribution in [3.8, 4) is 11.4 Å². The van der Waals surface area contributed by atoms with Gasteiger partial charge in [0.1, 0.15) is 17.2 Å². The van der Waals surface area contributed by atoms with Gasteiger partial charge in [-0.25, -0.2) is 14.2 Å². The van der Waals surface area contributed by atoms with E-state index in [1.165, 1.54) is 12.1 Å². The molecule has 0 aliphatic heterocycles. The van der Waals surface area contributed by atoms with Gasteiger partial charge in [0.2, 0.25) is 0 Å². The lowest BCUT2D eigenvalue weighted by atomic mass is 10.3. The fraction of sp³-hybridized carbons (Fsp3) is 0.214. The summed E-state index contributed by atoms with van der Waals surface area (Å²) in [5.41, 5.74) is 1.97. The highest BCUT2D eigenvalue weighted by Crippen LogP contribution is 2.20. The number of carbonyl (C=O) groups excluding carboxylic acids is 1. The van der Waals surface area contributed by atoms with Gasteiger partial charge in [0, 0.05) is 31.6 Å². The van der Waals surface area contributed by atoms with Gasteiger partial charge in [-0.3, -0.25) is 4.68 Å².